The highest BCUT2D eigenvalue weighted by Gasteiger charge is 2.60. The first-order chi connectivity index (χ1) is 18.9. The van der Waals surface area contributed by atoms with E-state index in [0.717, 1.165) is 69.3 Å². The summed E-state index contributed by atoms with van der Waals surface area (Å²) in [5.74, 6) is 0.638. The van der Waals surface area contributed by atoms with Crippen LogP contribution in [0.15, 0.2) is 67.3 Å². The van der Waals surface area contributed by atoms with Crippen LogP contribution in [0.4, 0.5) is 0 Å². The quantitative estimate of drug-likeness (QED) is 0.219. The van der Waals surface area contributed by atoms with E-state index in [9.17, 15) is 9.59 Å². The van der Waals surface area contributed by atoms with Crippen molar-refractivity contribution in [2.45, 2.75) is 81.8 Å². The number of hydrogen-bond donors (Lipinski definition) is 1. The smallest absolute Gasteiger partial charge is 0.303 e. The largest absolute Gasteiger partial charge is 0.497 e. The van der Waals surface area contributed by atoms with E-state index < -0.39 is 11.0 Å². The number of carbonyl (C=O) groups is 2. The molecule has 1 heterocycles. The molecule has 2 fully saturated rings. The van der Waals surface area contributed by atoms with Crippen molar-refractivity contribution in [3.63, 3.8) is 0 Å². The summed E-state index contributed by atoms with van der Waals surface area (Å²) in [5, 5.41) is 3.35. The Hall–Kier alpha value is -3.12. The van der Waals surface area contributed by atoms with Crippen molar-refractivity contribution in [2.24, 2.45) is 0 Å². The minimum absolute atomic E-state index is 0.0302. The molecule has 0 unspecified atom stereocenters. The molecule has 1 saturated heterocycles. The standard InChI is InChI=1S/C33H44N2O4/c1-4-21-35-22-20-32(28-15-11-16-30(23-28)38-3)24-29(18-19-33(32,25-35)39-26(2)36)34-31(37)17-10-6-9-14-27-12-7-5-8-13-27/h4-5,7-8,11-13,15-16,23,29H,1,6,9-10,14,17-22,24-25H2,2-3H3,(H,34,37)/t29-,32+,33+/m1/s1. The van der Waals surface area contributed by atoms with Gasteiger partial charge in [-0.3, -0.25) is 14.5 Å². The summed E-state index contributed by atoms with van der Waals surface area (Å²) in [6, 6.07) is 18.7. The van der Waals surface area contributed by atoms with E-state index in [2.05, 4.69) is 53.2 Å². The molecule has 210 valence electrons. The average molecular weight is 533 g/mol. The fourth-order valence-corrected chi connectivity index (χ4v) is 6.80. The number of methoxy groups -OCH3 is 1. The van der Waals surface area contributed by atoms with Gasteiger partial charge >= 0.3 is 5.97 Å². The zero-order valence-corrected chi connectivity index (χ0v) is 23.6. The third kappa shape index (κ3) is 6.91. The lowest BCUT2D eigenvalue weighted by Gasteiger charge is -2.59. The van der Waals surface area contributed by atoms with Gasteiger partial charge in [0.1, 0.15) is 11.4 Å². The molecule has 1 aliphatic heterocycles. The van der Waals surface area contributed by atoms with E-state index in [1.165, 1.54) is 12.5 Å². The van der Waals surface area contributed by atoms with Gasteiger partial charge in [-0.2, -0.15) is 0 Å². The van der Waals surface area contributed by atoms with Gasteiger partial charge in [0.25, 0.3) is 0 Å². The Bertz CT molecular complexity index is 1120. The highest BCUT2D eigenvalue weighted by atomic mass is 16.6. The van der Waals surface area contributed by atoms with Crippen LogP contribution in [-0.4, -0.2) is 55.2 Å². The Kier molecular flexibility index (Phi) is 9.84. The van der Waals surface area contributed by atoms with E-state index in [-0.39, 0.29) is 17.9 Å². The first-order valence-corrected chi connectivity index (χ1v) is 14.4. The lowest BCUT2D eigenvalue weighted by Crippen LogP contribution is -2.68. The molecule has 6 heteroatoms. The minimum Gasteiger partial charge on any atom is -0.497 e. The number of nitrogens with one attached hydrogen (secondary N) is 1. The minimum atomic E-state index is -0.675. The van der Waals surface area contributed by atoms with Crippen molar-refractivity contribution in [3.05, 3.63) is 78.4 Å². The number of fused-ring (bicyclic) bond motifs is 1. The van der Waals surface area contributed by atoms with Crippen molar-refractivity contribution < 1.29 is 19.1 Å². The van der Waals surface area contributed by atoms with Crippen LogP contribution in [-0.2, 0) is 26.2 Å². The lowest BCUT2D eigenvalue weighted by molar-refractivity contribution is -0.186. The fourth-order valence-electron chi connectivity index (χ4n) is 6.80. The monoisotopic (exact) mass is 532 g/mol. The molecule has 2 aliphatic rings. The highest BCUT2D eigenvalue weighted by molar-refractivity contribution is 5.76. The molecule has 0 radical (unpaired) electrons. The zero-order valence-electron chi connectivity index (χ0n) is 23.6. The Morgan fingerprint density at radius 3 is 2.67 bits per heavy atom. The average Bonchev–Trinajstić information content (AvgIpc) is 2.93. The van der Waals surface area contributed by atoms with Crippen LogP contribution in [0.1, 0.15) is 69.4 Å². The van der Waals surface area contributed by atoms with Gasteiger partial charge < -0.3 is 14.8 Å². The summed E-state index contributed by atoms with van der Waals surface area (Å²) in [5.41, 5.74) is 1.37. The van der Waals surface area contributed by atoms with Gasteiger partial charge in [-0.05, 0) is 74.8 Å². The van der Waals surface area contributed by atoms with E-state index >= 15 is 0 Å². The number of rotatable bonds is 12. The summed E-state index contributed by atoms with van der Waals surface area (Å²) < 4.78 is 11.9. The molecule has 1 saturated carbocycles. The molecular formula is C33H44N2O4. The van der Waals surface area contributed by atoms with Crippen molar-refractivity contribution >= 4 is 11.9 Å². The summed E-state index contributed by atoms with van der Waals surface area (Å²) in [4.78, 5) is 27.8. The van der Waals surface area contributed by atoms with Crippen LogP contribution in [0, 0.1) is 0 Å². The molecule has 6 nitrogen and oxygen atoms in total. The highest BCUT2D eigenvalue weighted by Crippen LogP contribution is 2.54. The van der Waals surface area contributed by atoms with Crippen molar-refractivity contribution in [3.8, 4) is 5.75 Å². The Labute approximate surface area is 233 Å². The van der Waals surface area contributed by atoms with Gasteiger partial charge in [-0.25, -0.2) is 0 Å². The van der Waals surface area contributed by atoms with Crippen LogP contribution in [0.2, 0.25) is 0 Å². The Morgan fingerprint density at radius 2 is 1.92 bits per heavy atom. The number of esters is 1. The number of nitrogens with zero attached hydrogens (tertiary/aromatic N) is 1. The van der Waals surface area contributed by atoms with Gasteiger partial charge in [0, 0.05) is 37.9 Å². The molecule has 1 N–H and O–H groups in total. The second-order valence-corrected chi connectivity index (χ2v) is 11.2. The van der Waals surface area contributed by atoms with Gasteiger partial charge in [-0.1, -0.05) is 55.0 Å². The van der Waals surface area contributed by atoms with E-state index in [4.69, 9.17) is 9.47 Å². The number of carbonyl (C=O) groups excluding carboxylic acids is 2. The second kappa shape index (κ2) is 13.3. The molecule has 2 aromatic rings. The number of piperidine rings is 1. The first kappa shape index (κ1) is 28.9. The third-order valence-corrected chi connectivity index (χ3v) is 8.62. The van der Waals surface area contributed by atoms with E-state index in [1.54, 1.807) is 7.11 Å². The van der Waals surface area contributed by atoms with Crippen LogP contribution in [0.5, 0.6) is 5.75 Å². The number of amides is 1. The molecule has 1 amide bonds. The molecule has 2 aromatic carbocycles. The summed E-state index contributed by atoms with van der Waals surface area (Å²) >= 11 is 0. The SMILES string of the molecule is C=CCN1CC[C@@]2(c3cccc(OC)c3)C[C@H](NC(=O)CCCCCc3ccccc3)CC[C@]2(OC(C)=O)C1. The number of likely N-dealkylation sites (tertiary alicyclic amines) is 1. The number of aryl methyl sites for hydroxylation is 1. The maximum absolute atomic E-state index is 13.0. The lowest BCUT2D eigenvalue weighted by atomic mass is 9.55. The second-order valence-electron chi connectivity index (χ2n) is 11.2. The first-order valence-electron chi connectivity index (χ1n) is 14.4. The summed E-state index contributed by atoms with van der Waals surface area (Å²) in [7, 11) is 1.67. The molecule has 0 spiro atoms. The Balaban J connectivity index is 1.46. The van der Waals surface area contributed by atoms with Gasteiger partial charge in [0.05, 0.1) is 7.11 Å². The van der Waals surface area contributed by atoms with Crippen LogP contribution >= 0.6 is 0 Å². The maximum atomic E-state index is 13.0. The number of unbranched alkanes of at least 4 members (excludes halogenated alkanes) is 2. The number of ether oxygens (including phenoxy) is 2. The number of hydrogen-bond acceptors (Lipinski definition) is 5. The zero-order chi connectivity index (χ0) is 27.7. The van der Waals surface area contributed by atoms with Crippen molar-refractivity contribution in [1.29, 1.82) is 0 Å². The predicted molar refractivity (Wildman–Crippen MR) is 155 cm³/mol. The molecule has 1 aliphatic carbocycles. The van der Waals surface area contributed by atoms with Gasteiger partial charge in [0.2, 0.25) is 5.91 Å². The summed E-state index contributed by atoms with van der Waals surface area (Å²) in [6.45, 7) is 7.70. The summed E-state index contributed by atoms with van der Waals surface area (Å²) in [6.07, 6.45) is 9.55. The third-order valence-electron chi connectivity index (χ3n) is 8.62. The number of benzene rings is 2. The molecule has 3 atom stereocenters. The van der Waals surface area contributed by atoms with Crippen LogP contribution in [0.3, 0.4) is 0 Å². The molecule has 0 aromatic heterocycles. The van der Waals surface area contributed by atoms with Crippen LogP contribution in [0.25, 0.3) is 0 Å². The normalized spacial score (nSPS) is 24.8. The maximum Gasteiger partial charge on any atom is 0.303 e. The Morgan fingerprint density at radius 1 is 1.10 bits per heavy atom. The van der Waals surface area contributed by atoms with E-state index in [1.807, 2.05) is 24.3 Å². The molecular weight excluding hydrogens is 488 g/mol. The molecule has 4 rings (SSSR count). The molecule has 39 heavy (non-hydrogen) atoms. The van der Waals surface area contributed by atoms with Gasteiger partial charge in [0.15, 0.2) is 0 Å². The fraction of sp³-hybridized carbons (Fsp3) is 0.515. The topological polar surface area (TPSA) is 67.9 Å². The van der Waals surface area contributed by atoms with E-state index in [0.29, 0.717) is 19.4 Å². The van der Waals surface area contributed by atoms with Crippen molar-refractivity contribution in [1.82, 2.24) is 10.2 Å². The van der Waals surface area contributed by atoms with Crippen molar-refractivity contribution in [2.75, 3.05) is 26.7 Å². The van der Waals surface area contributed by atoms with Gasteiger partial charge in [-0.15, -0.1) is 6.58 Å². The molecule has 0 bridgehead atoms. The predicted octanol–water partition coefficient (Wildman–Crippen LogP) is 5.60. The van der Waals surface area contributed by atoms with Crippen LogP contribution < -0.4 is 10.1 Å².